The minimum atomic E-state index is -0.237. The summed E-state index contributed by atoms with van der Waals surface area (Å²) < 4.78 is 5.56. The fourth-order valence-corrected chi connectivity index (χ4v) is 2.51. The molecule has 1 aliphatic carbocycles. The van der Waals surface area contributed by atoms with E-state index in [1.807, 2.05) is 32.9 Å². The summed E-state index contributed by atoms with van der Waals surface area (Å²) in [5.41, 5.74) is 8.34. The number of rotatable bonds is 3. The summed E-state index contributed by atoms with van der Waals surface area (Å²) in [6.07, 6.45) is 3.23. The van der Waals surface area contributed by atoms with Gasteiger partial charge in [-0.1, -0.05) is 6.07 Å². The van der Waals surface area contributed by atoms with Crippen LogP contribution in [0.25, 0.3) is 0 Å². The van der Waals surface area contributed by atoms with Crippen LogP contribution in [0.1, 0.15) is 50.8 Å². The van der Waals surface area contributed by atoms with Crippen molar-refractivity contribution in [1.29, 1.82) is 0 Å². The number of nitrogens with one attached hydrogen (secondary N) is 1. The monoisotopic (exact) mass is 276 g/mol. The van der Waals surface area contributed by atoms with Crippen LogP contribution >= 0.6 is 0 Å². The van der Waals surface area contributed by atoms with Crippen molar-refractivity contribution in [2.75, 3.05) is 6.61 Å². The van der Waals surface area contributed by atoms with Gasteiger partial charge in [0.25, 0.3) is 5.91 Å². The van der Waals surface area contributed by atoms with Gasteiger partial charge in [-0.2, -0.15) is 0 Å². The molecule has 0 saturated heterocycles. The average Bonchev–Trinajstić information content (AvgIpc) is 2.35. The highest BCUT2D eigenvalue weighted by molar-refractivity contribution is 5.78. The largest absolute Gasteiger partial charge is 0.484 e. The molecule has 2 rings (SSSR count). The first-order valence-corrected chi connectivity index (χ1v) is 7.17. The molecule has 3 N–H and O–H groups in total. The normalized spacial score (nSPS) is 18.3. The maximum absolute atomic E-state index is 11.7. The van der Waals surface area contributed by atoms with E-state index >= 15 is 0 Å². The van der Waals surface area contributed by atoms with Gasteiger partial charge in [0, 0.05) is 11.6 Å². The number of ether oxygens (including phenoxy) is 1. The Kier molecular flexibility index (Phi) is 4.33. The number of hydrogen-bond donors (Lipinski definition) is 2. The second-order valence-corrected chi connectivity index (χ2v) is 6.45. The lowest BCUT2D eigenvalue weighted by atomic mass is 9.88. The fraction of sp³-hybridized carbons (Fsp3) is 0.562. The molecular formula is C16H24N2O2. The molecule has 1 aromatic carbocycles. The van der Waals surface area contributed by atoms with E-state index in [-0.39, 0.29) is 24.1 Å². The van der Waals surface area contributed by atoms with Crippen molar-refractivity contribution in [3.05, 3.63) is 29.3 Å². The van der Waals surface area contributed by atoms with Crippen molar-refractivity contribution in [2.24, 2.45) is 5.73 Å². The fourth-order valence-electron chi connectivity index (χ4n) is 2.51. The molecule has 0 bridgehead atoms. The molecule has 1 amide bonds. The van der Waals surface area contributed by atoms with E-state index in [9.17, 15) is 4.79 Å². The van der Waals surface area contributed by atoms with Crippen molar-refractivity contribution in [3.63, 3.8) is 0 Å². The summed E-state index contributed by atoms with van der Waals surface area (Å²) >= 11 is 0. The lowest BCUT2D eigenvalue weighted by Gasteiger charge is -2.23. The Bertz CT molecular complexity index is 492. The van der Waals surface area contributed by atoms with Gasteiger partial charge >= 0.3 is 0 Å². The van der Waals surface area contributed by atoms with Gasteiger partial charge in [-0.25, -0.2) is 0 Å². The first kappa shape index (κ1) is 14.9. The van der Waals surface area contributed by atoms with Crippen molar-refractivity contribution in [3.8, 4) is 5.75 Å². The number of benzene rings is 1. The Morgan fingerprint density at radius 1 is 1.45 bits per heavy atom. The predicted octanol–water partition coefficient (Wildman–Crippen LogP) is 2.32. The number of carbonyl (C=O) groups is 1. The van der Waals surface area contributed by atoms with Gasteiger partial charge in [0.15, 0.2) is 6.61 Å². The molecule has 0 spiro atoms. The van der Waals surface area contributed by atoms with Crippen LogP contribution in [-0.4, -0.2) is 18.1 Å². The third kappa shape index (κ3) is 3.97. The van der Waals surface area contributed by atoms with Gasteiger partial charge in [-0.05, 0) is 63.3 Å². The molecule has 0 aliphatic heterocycles. The Morgan fingerprint density at radius 2 is 2.20 bits per heavy atom. The molecule has 4 heteroatoms. The highest BCUT2D eigenvalue weighted by atomic mass is 16.5. The lowest BCUT2D eigenvalue weighted by molar-refractivity contribution is -0.124. The molecule has 0 heterocycles. The van der Waals surface area contributed by atoms with Crippen molar-refractivity contribution < 1.29 is 9.53 Å². The van der Waals surface area contributed by atoms with Crippen LogP contribution in [0.5, 0.6) is 5.75 Å². The summed E-state index contributed by atoms with van der Waals surface area (Å²) in [5, 5.41) is 2.87. The highest BCUT2D eigenvalue weighted by Gasteiger charge is 2.18. The summed E-state index contributed by atoms with van der Waals surface area (Å²) in [6, 6.07) is 6.04. The number of nitrogens with two attached hydrogens (primary N) is 1. The van der Waals surface area contributed by atoms with Crippen LogP contribution in [0.3, 0.4) is 0 Å². The lowest BCUT2D eigenvalue weighted by Crippen LogP contribution is -2.43. The Morgan fingerprint density at radius 3 is 2.90 bits per heavy atom. The van der Waals surface area contributed by atoms with Crippen molar-refractivity contribution in [2.45, 2.75) is 51.6 Å². The molecule has 0 unspecified atom stereocenters. The van der Waals surface area contributed by atoms with E-state index in [4.69, 9.17) is 10.5 Å². The smallest absolute Gasteiger partial charge is 0.258 e. The van der Waals surface area contributed by atoms with Crippen LogP contribution in [0.15, 0.2) is 18.2 Å². The molecule has 1 aliphatic rings. The van der Waals surface area contributed by atoms with Gasteiger partial charge in [0.05, 0.1) is 0 Å². The van der Waals surface area contributed by atoms with E-state index < -0.39 is 0 Å². The molecule has 0 saturated carbocycles. The third-order valence-corrected chi connectivity index (χ3v) is 3.36. The van der Waals surface area contributed by atoms with Gasteiger partial charge in [0.2, 0.25) is 0 Å². The number of hydrogen-bond acceptors (Lipinski definition) is 3. The molecule has 1 atom stereocenters. The molecule has 0 aromatic heterocycles. The summed E-state index contributed by atoms with van der Waals surface area (Å²) in [5.74, 6) is 0.602. The van der Waals surface area contributed by atoms with E-state index in [1.165, 1.54) is 5.56 Å². The third-order valence-electron chi connectivity index (χ3n) is 3.36. The van der Waals surface area contributed by atoms with Crippen molar-refractivity contribution >= 4 is 5.91 Å². The highest BCUT2D eigenvalue weighted by Crippen LogP contribution is 2.30. The van der Waals surface area contributed by atoms with Crippen molar-refractivity contribution in [1.82, 2.24) is 5.32 Å². The average molecular weight is 276 g/mol. The Balaban J connectivity index is 1.97. The van der Waals surface area contributed by atoms with Gasteiger partial charge in [-0.15, -0.1) is 0 Å². The quantitative estimate of drug-likeness (QED) is 0.890. The van der Waals surface area contributed by atoms with E-state index in [1.54, 1.807) is 0 Å². The number of carbonyl (C=O) groups excluding carboxylic acids is 1. The molecule has 0 fully saturated rings. The standard InChI is InChI=1S/C16H24N2O2/c1-16(2,3)18-15(19)10-20-12-8-7-11-5-4-6-14(17)13(11)9-12/h7-9,14H,4-6,10,17H2,1-3H3,(H,18,19)/t14-/m0/s1. The zero-order valence-electron chi connectivity index (χ0n) is 12.5. The maximum atomic E-state index is 11.7. The zero-order chi connectivity index (χ0) is 14.8. The predicted molar refractivity (Wildman–Crippen MR) is 79.7 cm³/mol. The summed E-state index contributed by atoms with van der Waals surface area (Å²) in [7, 11) is 0. The first-order valence-electron chi connectivity index (χ1n) is 7.17. The molecule has 20 heavy (non-hydrogen) atoms. The Labute approximate surface area is 120 Å². The Hall–Kier alpha value is -1.55. The van der Waals surface area contributed by atoms with Gasteiger partial charge in [0.1, 0.15) is 5.75 Å². The van der Waals surface area contributed by atoms with Gasteiger partial charge < -0.3 is 15.8 Å². The molecule has 4 nitrogen and oxygen atoms in total. The van der Waals surface area contributed by atoms with Crippen LogP contribution in [-0.2, 0) is 11.2 Å². The minimum Gasteiger partial charge on any atom is -0.484 e. The number of aryl methyl sites for hydroxylation is 1. The molecular weight excluding hydrogens is 252 g/mol. The van der Waals surface area contributed by atoms with Crippen LogP contribution < -0.4 is 15.8 Å². The van der Waals surface area contributed by atoms with E-state index in [2.05, 4.69) is 11.4 Å². The number of amides is 1. The first-order chi connectivity index (χ1) is 9.35. The SMILES string of the molecule is CC(C)(C)NC(=O)COc1ccc2c(c1)[C@@H](N)CCC2. The minimum absolute atomic E-state index is 0.0330. The summed E-state index contributed by atoms with van der Waals surface area (Å²) in [4.78, 5) is 11.7. The van der Waals surface area contributed by atoms with Gasteiger partial charge in [-0.3, -0.25) is 4.79 Å². The number of fused-ring (bicyclic) bond motifs is 1. The van der Waals surface area contributed by atoms with E-state index in [0.29, 0.717) is 5.75 Å². The van der Waals surface area contributed by atoms with Crippen LogP contribution in [0.4, 0.5) is 0 Å². The molecule has 0 radical (unpaired) electrons. The maximum Gasteiger partial charge on any atom is 0.258 e. The molecule has 110 valence electrons. The second kappa shape index (κ2) is 5.83. The van der Waals surface area contributed by atoms with Crippen LogP contribution in [0.2, 0.25) is 0 Å². The summed E-state index contributed by atoms with van der Waals surface area (Å²) in [6.45, 7) is 5.87. The topological polar surface area (TPSA) is 64.3 Å². The zero-order valence-corrected chi connectivity index (χ0v) is 12.5. The van der Waals surface area contributed by atoms with E-state index in [0.717, 1.165) is 24.8 Å². The molecule has 1 aromatic rings. The van der Waals surface area contributed by atoms with Crippen LogP contribution in [0, 0.1) is 0 Å². The second-order valence-electron chi connectivity index (χ2n) is 6.45.